The van der Waals surface area contributed by atoms with Crippen LogP contribution in [0.3, 0.4) is 0 Å². The molecule has 4 aliphatic rings. The highest BCUT2D eigenvalue weighted by Gasteiger charge is 2.64. The number of rotatable bonds is 4. The van der Waals surface area contributed by atoms with Gasteiger partial charge < -0.3 is 26.2 Å². The largest absolute Gasteiger partial charge is 0.508 e. The molecule has 2 fully saturated rings. The Morgan fingerprint density at radius 3 is 2.57 bits per heavy atom. The minimum atomic E-state index is -2.67. The number of nitrogens with zero attached hydrogens (tertiary/aromatic N) is 2. The Morgan fingerprint density at radius 1 is 1.27 bits per heavy atom. The third-order valence-corrected chi connectivity index (χ3v) is 7.90. The maximum absolute atomic E-state index is 13.8. The van der Waals surface area contributed by atoms with E-state index >= 15 is 0 Å². The van der Waals surface area contributed by atoms with E-state index in [4.69, 9.17) is 16.0 Å². The minimum absolute atomic E-state index is 0.0108. The Bertz CT molecular complexity index is 1330. The smallest absolute Gasteiger partial charge is 0.255 e. The summed E-state index contributed by atoms with van der Waals surface area (Å²) in [6.45, 7) is 0.554. The van der Waals surface area contributed by atoms with Gasteiger partial charge in [-0.3, -0.25) is 29.5 Å². The van der Waals surface area contributed by atoms with Gasteiger partial charge in [-0.05, 0) is 50.0 Å². The van der Waals surface area contributed by atoms with Crippen LogP contribution in [-0.4, -0.2) is 86.0 Å². The molecule has 1 saturated carbocycles. The molecular formula is C25H28N4O8. The molecule has 12 heteroatoms. The molecule has 1 aliphatic heterocycles. The van der Waals surface area contributed by atoms with Crippen LogP contribution >= 0.6 is 0 Å². The van der Waals surface area contributed by atoms with E-state index < -0.39 is 58.0 Å². The van der Waals surface area contributed by atoms with Crippen LogP contribution in [0.5, 0.6) is 5.75 Å². The van der Waals surface area contributed by atoms with E-state index in [-0.39, 0.29) is 42.1 Å². The number of amides is 1. The molecule has 1 amide bonds. The van der Waals surface area contributed by atoms with Gasteiger partial charge in [0.15, 0.2) is 11.4 Å². The van der Waals surface area contributed by atoms with Crippen LogP contribution in [-0.2, 0) is 32.2 Å². The van der Waals surface area contributed by atoms with Crippen LogP contribution in [0.25, 0.3) is 5.76 Å². The van der Waals surface area contributed by atoms with E-state index in [1.54, 1.807) is 20.2 Å². The van der Waals surface area contributed by atoms with Crippen molar-refractivity contribution in [1.82, 2.24) is 9.96 Å². The number of hydroxylamine groups is 2. The van der Waals surface area contributed by atoms with Crippen molar-refractivity contribution in [3.05, 3.63) is 45.7 Å². The number of phenols is 1. The van der Waals surface area contributed by atoms with Gasteiger partial charge in [0.2, 0.25) is 5.78 Å². The molecular weight excluding hydrogens is 484 g/mol. The quantitative estimate of drug-likeness (QED) is 0.300. The molecule has 37 heavy (non-hydrogen) atoms. The standard InChI is InChI=1S/C25H28N4O8/c1-28(2)19-13-8-11-7-12-10(9-29-15(26)5-6-37-29)3-4-14(30)17(12)20(31)16(11)22(33)25(13,36)23(34)18(21(19)32)24(27)35/h3-4,11,13,19,26,30-31,34,36H,5-9H2,1-2H3,(H2,27,35)/t11-,13-,19-,25-/m0/s1. The number of Topliss-reactive ketones (excluding diaryl/α,β-unsaturated/α-hetero) is 2. The average Bonchev–Trinajstić information content (AvgIpc) is 3.22. The second kappa shape index (κ2) is 8.40. The molecule has 196 valence electrons. The summed E-state index contributed by atoms with van der Waals surface area (Å²) in [5.74, 6) is -6.60. The Labute approximate surface area is 211 Å². The maximum atomic E-state index is 13.8. The van der Waals surface area contributed by atoms with Crippen molar-refractivity contribution in [2.45, 2.75) is 37.5 Å². The number of nitrogens with one attached hydrogen (secondary N) is 1. The number of amidine groups is 1. The number of hydrogen-bond acceptors (Lipinski definition) is 10. The van der Waals surface area contributed by atoms with Gasteiger partial charge in [-0.15, -0.1) is 0 Å². The summed E-state index contributed by atoms with van der Waals surface area (Å²) in [7, 11) is 3.10. The normalized spacial score (nSPS) is 29.6. The van der Waals surface area contributed by atoms with Crippen LogP contribution in [0.4, 0.5) is 0 Å². The molecule has 12 nitrogen and oxygen atoms in total. The fourth-order valence-electron chi connectivity index (χ4n) is 6.21. The number of aliphatic hydroxyl groups is 3. The molecule has 0 spiro atoms. The zero-order valence-electron chi connectivity index (χ0n) is 20.3. The van der Waals surface area contributed by atoms with Gasteiger partial charge in [0.25, 0.3) is 5.91 Å². The second-order valence-electron chi connectivity index (χ2n) is 10.1. The van der Waals surface area contributed by atoms with Crippen molar-refractivity contribution in [2.75, 3.05) is 20.7 Å². The van der Waals surface area contributed by atoms with Crippen LogP contribution in [0, 0.1) is 17.2 Å². The molecule has 1 aromatic rings. The summed E-state index contributed by atoms with van der Waals surface area (Å²) in [6, 6.07) is 1.88. The van der Waals surface area contributed by atoms with E-state index in [1.165, 1.54) is 16.0 Å². The molecule has 0 unspecified atom stereocenters. The number of fused-ring (bicyclic) bond motifs is 3. The maximum Gasteiger partial charge on any atom is 0.255 e. The van der Waals surface area contributed by atoms with Gasteiger partial charge in [-0.1, -0.05) is 6.07 Å². The predicted octanol–water partition coefficient (Wildman–Crippen LogP) is 0.0786. The molecule has 0 aromatic heterocycles. The summed E-state index contributed by atoms with van der Waals surface area (Å²) in [6.07, 6.45) is 0.646. The number of phenolic OH excluding ortho intramolecular Hbond substituents is 1. The van der Waals surface area contributed by atoms with Crippen molar-refractivity contribution < 1.29 is 39.6 Å². The van der Waals surface area contributed by atoms with Gasteiger partial charge in [-0.25, -0.2) is 5.06 Å². The van der Waals surface area contributed by atoms with Crippen LogP contribution < -0.4 is 5.73 Å². The Balaban J connectivity index is 1.67. The van der Waals surface area contributed by atoms with Crippen LogP contribution in [0.1, 0.15) is 29.5 Å². The Morgan fingerprint density at radius 2 is 1.97 bits per heavy atom. The minimum Gasteiger partial charge on any atom is -0.508 e. The average molecular weight is 513 g/mol. The third-order valence-electron chi connectivity index (χ3n) is 7.90. The van der Waals surface area contributed by atoms with Crippen molar-refractivity contribution in [3.8, 4) is 5.75 Å². The van der Waals surface area contributed by atoms with Crippen molar-refractivity contribution >= 4 is 29.1 Å². The number of hydrogen-bond donors (Lipinski definition) is 6. The summed E-state index contributed by atoms with van der Waals surface area (Å²) in [5, 5.41) is 53.9. The first-order valence-electron chi connectivity index (χ1n) is 11.9. The molecule has 0 radical (unpaired) electrons. The topological polar surface area (TPSA) is 198 Å². The zero-order valence-corrected chi connectivity index (χ0v) is 20.3. The number of likely N-dealkylation sites (N-methyl/N-ethyl adjacent to an activating group) is 1. The molecule has 1 saturated heterocycles. The van der Waals surface area contributed by atoms with Crippen molar-refractivity contribution in [3.63, 3.8) is 0 Å². The Kier molecular flexibility index (Phi) is 5.66. The number of nitrogens with two attached hydrogens (primary N) is 1. The summed E-state index contributed by atoms with van der Waals surface area (Å²) in [4.78, 5) is 46.0. The highest BCUT2D eigenvalue weighted by atomic mass is 16.7. The lowest BCUT2D eigenvalue weighted by molar-refractivity contribution is -0.153. The first-order chi connectivity index (χ1) is 17.4. The van der Waals surface area contributed by atoms with Gasteiger partial charge in [-0.2, -0.15) is 0 Å². The first kappa shape index (κ1) is 24.9. The lowest BCUT2D eigenvalue weighted by Crippen LogP contribution is -2.65. The molecule has 7 N–H and O–H groups in total. The summed E-state index contributed by atoms with van der Waals surface area (Å²) < 4.78 is 0. The lowest BCUT2D eigenvalue weighted by Gasteiger charge is -2.50. The molecule has 5 rings (SSSR count). The van der Waals surface area contributed by atoms with Gasteiger partial charge in [0, 0.05) is 17.9 Å². The van der Waals surface area contributed by atoms with E-state index in [0.29, 0.717) is 24.2 Å². The van der Waals surface area contributed by atoms with Gasteiger partial charge in [0.05, 0.1) is 24.8 Å². The Hall–Kier alpha value is -3.74. The summed E-state index contributed by atoms with van der Waals surface area (Å²) in [5.41, 5.74) is 2.84. The highest BCUT2D eigenvalue weighted by Crippen LogP contribution is 2.53. The fourth-order valence-corrected chi connectivity index (χ4v) is 6.21. The van der Waals surface area contributed by atoms with Crippen LogP contribution in [0.2, 0.25) is 0 Å². The van der Waals surface area contributed by atoms with E-state index in [9.17, 15) is 34.8 Å². The highest BCUT2D eigenvalue weighted by molar-refractivity contribution is 6.24. The van der Waals surface area contributed by atoms with Crippen molar-refractivity contribution in [1.29, 1.82) is 5.41 Å². The molecule has 4 atom stereocenters. The zero-order chi connectivity index (χ0) is 27.0. The number of carbonyl (C=O) groups excluding carboxylic acids is 3. The molecule has 0 bridgehead atoms. The van der Waals surface area contributed by atoms with E-state index in [1.807, 2.05) is 0 Å². The lowest BCUT2D eigenvalue weighted by atomic mass is 9.57. The first-order valence-corrected chi connectivity index (χ1v) is 11.9. The molecule has 1 aromatic carbocycles. The number of primary amides is 1. The second-order valence-corrected chi connectivity index (χ2v) is 10.1. The predicted molar refractivity (Wildman–Crippen MR) is 128 cm³/mol. The number of benzene rings is 1. The molecule has 1 heterocycles. The van der Waals surface area contributed by atoms with Crippen molar-refractivity contribution in [2.24, 2.45) is 17.6 Å². The number of aromatic hydroxyl groups is 1. The fraction of sp³-hybridized carbons (Fsp3) is 0.440. The molecule has 3 aliphatic carbocycles. The SMILES string of the molecule is CN(C)[C@@H]1C(=O)C(C(N)=O)=C(O)[C@@]2(O)C(=O)C3=C(O)c4c(O)ccc(CN5OCCC5=N)c4C[C@H]3C[C@@H]12. The number of carbonyl (C=O) groups is 3. The third kappa shape index (κ3) is 3.40. The van der Waals surface area contributed by atoms with E-state index in [0.717, 1.165) is 0 Å². The van der Waals surface area contributed by atoms with Gasteiger partial charge >= 0.3 is 0 Å². The number of ketones is 2. The summed E-state index contributed by atoms with van der Waals surface area (Å²) >= 11 is 0. The van der Waals surface area contributed by atoms with Crippen LogP contribution in [0.15, 0.2) is 29.0 Å². The number of aliphatic hydroxyl groups excluding tert-OH is 2. The van der Waals surface area contributed by atoms with E-state index in [2.05, 4.69) is 0 Å². The van der Waals surface area contributed by atoms with Gasteiger partial charge in [0.1, 0.15) is 28.7 Å². The monoisotopic (exact) mass is 512 g/mol.